The summed E-state index contributed by atoms with van der Waals surface area (Å²) in [4.78, 5) is 1.71. The minimum absolute atomic E-state index is 0.301. The van der Waals surface area contributed by atoms with Gasteiger partial charge in [0, 0.05) is 14.9 Å². The Hall–Kier alpha value is -1.26. The summed E-state index contributed by atoms with van der Waals surface area (Å²) >= 11 is 3.10. The van der Waals surface area contributed by atoms with Gasteiger partial charge in [0.25, 0.3) is 0 Å². The van der Waals surface area contributed by atoms with E-state index in [-0.39, 0.29) is 0 Å². The topological polar surface area (TPSA) is 40.5 Å². The predicted octanol–water partition coefficient (Wildman–Crippen LogP) is 3.94. The highest BCUT2D eigenvalue weighted by Gasteiger charge is 2.03. The molecule has 0 amide bonds. The summed E-state index contributed by atoms with van der Waals surface area (Å²) in [6, 6.07) is 14.5. The Kier molecular flexibility index (Phi) is 4.23. The van der Waals surface area contributed by atoms with Gasteiger partial charge in [-0.25, -0.2) is 0 Å². The van der Waals surface area contributed by atoms with Crippen LogP contribution in [0.25, 0.3) is 0 Å². The Labute approximate surface area is 109 Å². The van der Waals surface area contributed by atoms with Gasteiger partial charge in [-0.1, -0.05) is 24.3 Å². The molecule has 0 unspecified atom stereocenters. The van der Waals surface area contributed by atoms with E-state index in [1.54, 1.807) is 47.8 Å². The lowest BCUT2D eigenvalue weighted by Crippen LogP contribution is -1.77. The Morgan fingerprint density at radius 2 is 1.12 bits per heavy atom. The van der Waals surface area contributed by atoms with E-state index in [4.69, 9.17) is 0 Å². The third-order valence-electron chi connectivity index (χ3n) is 2.16. The summed E-state index contributed by atoms with van der Waals surface area (Å²) in [5.41, 5.74) is 0. The molecule has 2 aromatic rings. The van der Waals surface area contributed by atoms with Crippen molar-refractivity contribution in [1.29, 1.82) is 0 Å². The maximum Gasteiger partial charge on any atom is 0.129 e. The molecule has 2 rings (SSSR count). The average molecular weight is 264 g/mol. The largest absolute Gasteiger partial charge is 0.507 e. The standard InChI is InChI=1S/C13H12O2S2/c14-10-5-1-3-7-12(10)16-9-17-13-8-4-2-6-11(13)15/h1-8,14-15H,9H2. The van der Waals surface area contributed by atoms with E-state index < -0.39 is 0 Å². The molecular weight excluding hydrogens is 252 g/mol. The van der Waals surface area contributed by atoms with Crippen molar-refractivity contribution in [3.8, 4) is 11.5 Å². The van der Waals surface area contributed by atoms with Crippen molar-refractivity contribution in [2.24, 2.45) is 0 Å². The molecule has 17 heavy (non-hydrogen) atoms. The van der Waals surface area contributed by atoms with Crippen LogP contribution in [-0.4, -0.2) is 15.3 Å². The fourth-order valence-electron chi connectivity index (χ4n) is 1.31. The van der Waals surface area contributed by atoms with Crippen LogP contribution in [0.1, 0.15) is 0 Å². The predicted molar refractivity (Wildman–Crippen MR) is 72.8 cm³/mol. The summed E-state index contributed by atoms with van der Waals surface area (Å²) in [5, 5.41) is 19.9. The third-order valence-corrected chi connectivity index (χ3v) is 4.41. The molecule has 0 heterocycles. The lowest BCUT2D eigenvalue weighted by atomic mass is 10.3. The van der Waals surface area contributed by atoms with Crippen LogP contribution in [0.2, 0.25) is 0 Å². The molecule has 0 aliphatic carbocycles. The van der Waals surface area contributed by atoms with Crippen molar-refractivity contribution in [2.45, 2.75) is 9.79 Å². The monoisotopic (exact) mass is 264 g/mol. The second-order valence-electron chi connectivity index (χ2n) is 3.34. The Morgan fingerprint density at radius 3 is 1.53 bits per heavy atom. The van der Waals surface area contributed by atoms with Crippen molar-refractivity contribution in [3.63, 3.8) is 0 Å². The van der Waals surface area contributed by atoms with Crippen LogP contribution in [0, 0.1) is 0 Å². The Balaban J connectivity index is 1.93. The molecule has 0 saturated heterocycles. The zero-order valence-electron chi connectivity index (χ0n) is 9.04. The molecule has 0 aliphatic rings. The number of para-hydroxylation sites is 2. The first kappa shape index (κ1) is 12.2. The maximum atomic E-state index is 9.58. The molecule has 0 saturated carbocycles. The molecule has 2 nitrogen and oxygen atoms in total. The molecule has 2 aromatic carbocycles. The summed E-state index contributed by atoms with van der Waals surface area (Å²) in [6.07, 6.45) is 0. The first-order valence-electron chi connectivity index (χ1n) is 5.09. The summed E-state index contributed by atoms with van der Waals surface area (Å²) in [7, 11) is 0. The summed E-state index contributed by atoms with van der Waals surface area (Å²) in [6.45, 7) is 0. The SMILES string of the molecule is Oc1ccccc1SCSc1ccccc1O. The van der Waals surface area contributed by atoms with Crippen molar-refractivity contribution in [2.75, 3.05) is 5.08 Å². The number of hydrogen-bond donors (Lipinski definition) is 2. The number of phenols is 2. The molecule has 4 heteroatoms. The summed E-state index contributed by atoms with van der Waals surface area (Å²) < 4.78 is 0. The minimum Gasteiger partial charge on any atom is -0.507 e. The Morgan fingerprint density at radius 1 is 0.706 bits per heavy atom. The highest BCUT2D eigenvalue weighted by Crippen LogP contribution is 2.35. The van der Waals surface area contributed by atoms with E-state index in [0.717, 1.165) is 14.9 Å². The molecule has 0 fully saturated rings. The fourth-order valence-corrected chi connectivity index (χ4v) is 3.35. The van der Waals surface area contributed by atoms with Crippen LogP contribution in [0.5, 0.6) is 11.5 Å². The van der Waals surface area contributed by atoms with Crippen LogP contribution < -0.4 is 0 Å². The number of thioether (sulfide) groups is 2. The lowest BCUT2D eigenvalue weighted by molar-refractivity contribution is 0.462. The normalized spacial score (nSPS) is 10.4. The highest BCUT2D eigenvalue weighted by atomic mass is 32.2. The second kappa shape index (κ2) is 5.89. The smallest absolute Gasteiger partial charge is 0.129 e. The van der Waals surface area contributed by atoms with Gasteiger partial charge in [-0.15, -0.1) is 23.5 Å². The van der Waals surface area contributed by atoms with E-state index in [0.29, 0.717) is 11.5 Å². The second-order valence-corrected chi connectivity index (χ2v) is 5.74. The van der Waals surface area contributed by atoms with Gasteiger partial charge in [-0.3, -0.25) is 0 Å². The van der Waals surface area contributed by atoms with Crippen LogP contribution >= 0.6 is 23.5 Å². The van der Waals surface area contributed by atoms with Gasteiger partial charge in [0.2, 0.25) is 0 Å². The molecule has 88 valence electrons. The van der Waals surface area contributed by atoms with E-state index in [2.05, 4.69) is 0 Å². The number of hydrogen-bond acceptors (Lipinski definition) is 4. The van der Waals surface area contributed by atoms with Crippen molar-refractivity contribution < 1.29 is 10.2 Å². The molecule has 0 spiro atoms. The molecule has 2 N–H and O–H groups in total. The van der Waals surface area contributed by atoms with Gasteiger partial charge >= 0.3 is 0 Å². The summed E-state index contributed by atoms with van der Waals surface area (Å²) in [5.74, 6) is 0.603. The van der Waals surface area contributed by atoms with Crippen LogP contribution in [0.3, 0.4) is 0 Å². The van der Waals surface area contributed by atoms with Crippen LogP contribution in [0.15, 0.2) is 58.3 Å². The maximum absolute atomic E-state index is 9.58. The minimum atomic E-state index is 0.301. The quantitative estimate of drug-likeness (QED) is 0.648. The van der Waals surface area contributed by atoms with E-state index >= 15 is 0 Å². The first-order valence-corrected chi connectivity index (χ1v) is 7.06. The van der Waals surface area contributed by atoms with Gasteiger partial charge in [0.15, 0.2) is 0 Å². The van der Waals surface area contributed by atoms with E-state index in [1.807, 2.05) is 24.3 Å². The molecule has 0 aliphatic heterocycles. The van der Waals surface area contributed by atoms with Crippen LogP contribution in [0.4, 0.5) is 0 Å². The molecule has 0 bridgehead atoms. The van der Waals surface area contributed by atoms with E-state index in [9.17, 15) is 10.2 Å². The molecule has 0 aromatic heterocycles. The lowest BCUT2D eigenvalue weighted by Gasteiger charge is -2.05. The number of rotatable bonds is 4. The Bertz CT molecular complexity index is 455. The van der Waals surface area contributed by atoms with Crippen molar-refractivity contribution in [3.05, 3.63) is 48.5 Å². The van der Waals surface area contributed by atoms with Gasteiger partial charge in [-0.2, -0.15) is 0 Å². The van der Waals surface area contributed by atoms with Gasteiger partial charge < -0.3 is 10.2 Å². The van der Waals surface area contributed by atoms with Crippen molar-refractivity contribution >= 4 is 23.5 Å². The molecular formula is C13H12O2S2. The fraction of sp³-hybridized carbons (Fsp3) is 0.0769. The van der Waals surface area contributed by atoms with Crippen molar-refractivity contribution in [1.82, 2.24) is 0 Å². The number of benzene rings is 2. The van der Waals surface area contributed by atoms with E-state index in [1.165, 1.54) is 0 Å². The van der Waals surface area contributed by atoms with Gasteiger partial charge in [0.05, 0.1) is 0 Å². The average Bonchev–Trinajstić information content (AvgIpc) is 2.34. The first-order chi connectivity index (χ1) is 8.27. The number of aromatic hydroxyl groups is 2. The van der Waals surface area contributed by atoms with Gasteiger partial charge in [0.1, 0.15) is 11.5 Å². The van der Waals surface area contributed by atoms with Crippen LogP contribution in [-0.2, 0) is 0 Å². The van der Waals surface area contributed by atoms with Gasteiger partial charge in [-0.05, 0) is 24.3 Å². The molecule has 0 radical (unpaired) electrons. The number of phenolic OH excluding ortho intramolecular Hbond substituents is 2. The third kappa shape index (κ3) is 3.35. The zero-order valence-corrected chi connectivity index (χ0v) is 10.7. The zero-order chi connectivity index (χ0) is 12.1. The highest BCUT2D eigenvalue weighted by molar-refractivity contribution is 8.16. The molecule has 0 atom stereocenters.